The van der Waals surface area contributed by atoms with Crippen molar-refractivity contribution in [2.45, 2.75) is 26.8 Å². The number of aromatic amines is 1. The maximum absolute atomic E-state index is 3.31. The molecule has 1 aromatic heterocycles. The van der Waals surface area contributed by atoms with Crippen molar-refractivity contribution in [1.29, 1.82) is 0 Å². The predicted octanol–water partition coefficient (Wildman–Crippen LogP) is 1.69. The van der Waals surface area contributed by atoms with Gasteiger partial charge in [0.1, 0.15) is 0 Å². The van der Waals surface area contributed by atoms with Gasteiger partial charge in [-0.2, -0.15) is 0 Å². The van der Waals surface area contributed by atoms with E-state index in [0.29, 0.717) is 0 Å². The normalized spacial score (nSPS) is 10.4. The van der Waals surface area contributed by atoms with Crippen molar-refractivity contribution in [3.63, 3.8) is 0 Å². The first-order valence-corrected chi connectivity index (χ1v) is 4.24. The van der Waals surface area contributed by atoms with Crippen LogP contribution in [-0.4, -0.2) is 11.5 Å². The Balaban J connectivity index is 2.54. The maximum Gasteiger partial charge on any atom is 0.0223 e. The Kier molecular flexibility index (Phi) is 3.17. The van der Waals surface area contributed by atoms with Crippen LogP contribution in [0.3, 0.4) is 0 Å². The summed E-state index contributed by atoms with van der Waals surface area (Å²) in [5, 5.41) is 3.31. The van der Waals surface area contributed by atoms with E-state index in [-0.39, 0.29) is 0 Å². The predicted molar refractivity (Wildman–Crippen MR) is 47.6 cm³/mol. The Hall–Kier alpha value is -0.760. The molecule has 0 bridgehead atoms. The minimum atomic E-state index is 0.989. The Labute approximate surface area is 68.0 Å². The first-order chi connectivity index (χ1) is 5.38. The van der Waals surface area contributed by atoms with Gasteiger partial charge in [0.05, 0.1) is 0 Å². The molecule has 1 rings (SSSR count). The van der Waals surface area contributed by atoms with Crippen LogP contribution < -0.4 is 5.32 Å². The van der Waals surface area contributed by atoms with Crippen LogP contribution in [0.15, 0.2) is 12.3 Å². The zero-order valence-electron chi connectivity index (χ0n) is 7.28. The van der Waals surface area contributed by atoms with E-state index < -0.39 is 0 Å². The van der Waals surface area contributed by atoms with E-state index in [0.717, 1.165) is 19.5 Å². The molecule has 0 aliphatic heterocycles. The third-order valence-corrected chi connectivity index (χ3v) is 1.85. The van der Waals surface area contributed by atoms with Gasteiger partial charge in [-0.3, -0.25) is 0 Å². The summed E-state index contributed by atoms with van der Waals surface area (Å²) in [6, 6.07) is 2.14. The van der Waals surface area contributed by atoms with Crippen molar-refractivity contribution >= 4 is 0 Å². The third kappa shape index (κ3) is 2.09. The fourth-order valence-corrected chi connectivity index (χ4v) is 1.19. The lowest BCUT2D eigenvalue weighted by atomic mass is 10.2. The minimum absolute atomic E-state index is 0.989. The Morgan fingerprint density at radius 3 is 2.91 bits per heavy atom. The monoisotopic (exact) mass is 152 g/mol. The van der Waals surface area contributed by atoms with E-state index in [9.17, 15) is 0 Å². The zero-order chi connectivity index (χ0) is 8.10. The minimum Gasteiger partial charge on any atom is -0.365 e. The Morgan fingerprint density at radius 2 is 2.27 bits per heavy atom. The molecule has 0 saturated heterocycles. The summed E-state index contributed by atoms with van der Waals surface area (Å²) >= 11 is 0. The van der Waals surface area contributed by atoms with Crippen LogP contribution in [0.4, 0.5) is 0 Å². The fraction of sp³-hybridized carbons (Fsp3) is 0.556. The first kappa shape index (κ1) is 8.34. The van der Waals surface area contributed by atoms with Gasteiger partial charge in [0.25, 0.3) is 0 Å². The van der Waals surface area contributed by atoms with E-state index in [2.05, 4.69) is 30.2 Å². The molecule has 0 atom stereocenters. The molecule has 0 unspecified atom stereocenters. The van der Waals surface area contributed by atoms with Gasteiger partial charge in [-0.05, 0) is 24.6 Å². The zero-order valence-corrected chi connectivity index (χ0v) is 7.28. The number of aromatic nitrogens is 1. The van der Waals surface area contributed by atoms with E-state index in [1.165, 1.54) is 11.3 Å². The quantitative estimate of drug-likeness (QED) is 0.675. The van der Waals surface area contributed by atoms with Gasteiger partial charge in [-0.1, -0.05) is 13.8 Å². The highest BCUT2D eigenvalue weighted by Gasteiger charge is 1.98. The van der Waals surface area contributed by atoms with Crippen LogP contribution in [0, 0.1) is 0 Å². The molecule has 1 aromatic rings. The molecule has 2 heteroatoms. The van der Waals surface area contributed by atoms with Crippen LogP contribution in [0.5, 0.6) is 0 Å². The van der Waals surface area contributed by atoms with Crippen LogP contribution >= 0.6 is 0 Å². The highest BCUT2D eigenvalue weighted by Crippen LogP contribution is 2.06. The summed E-state index contributed by atoms with van der Waals surface area (Å²) in [5.74, 6) is 0. The average Bonchev–Trinajstić information content (AvgIpc) is 2.47. The summed E-state index contributed by atoms with van der Waals surface area (Å²) in [4.78, 5) is 3.22. The van der Waals surface area contributed by atoms with Gasteiger partial charge in [-0.15, -0.1) is 0 Å². The highest BCUT2D eigenvalue weighted by molar-refractivity contribution is 5.20. The van der Waals surface area contributed by atoms with Crippen molar-refractivity contribution < 1.29 is 0 Å². The van der Waals surface area contributed by atoms with E-state index in [1.807, 2.05) is 6.20 Å². The van der Waals surface area contributed by atoms with Crippen LogP contribution in [0.1, 0.15) is 25.1 Å². The molecule has 0 aliphatic rings. The molecular weight excluding hydrogens is 136 g/mol. The molecule has 62 valence electrons. The molecule has 2 nitrogen and oxygen atoms in total. The lowest BCUT2D eigenvalue weighted by Gasteiger charge is -2.01. The fourth-order valence-electron chi connectivity index (χ4n) is 1.19. The molecule has 0 amide bonds. The second-order valence-corrected chi connectivity index (χ2v) is 2.62. The topological polar surface area (TPSA) is 27.8 Å². The van der Waals surface area contributed by atoms with Crippen LogP contribution in [0.2, 0.25) is 0 Å². The van der Waals surface area contributed by atoms with Gasteiger partial charge < -0.3 is 10.3 Å². The number of hydrogen-bond donors (Lipinski definition) is 2. The SMILES string of the molecule is CCNCc1cc[nH]c1CC. The van der Waals surface area contributed by atoms with Crippen molar-refractivity contribution in [2.24, 2.45) is 0 Å². The van der Waals surface area contributed by atoms with E-state index >= 15 is 0 Å². The van der Waals surface area contributed by atoms with Gasteiger partial charge >= 0.3 is 0 Å². The number of nitrogens with one attached hydrogen (secondary N) is 2. The molecular formula is C9H16N2. The molecule has 0 aromatic carbocycles. The van der Waals surface area contributed by atoms with Crippen molar-refractivity contribution in [3.05, 3.63) is 23.5 Å². The second kappa shape index (κ2) is 4.19. The smallest absolute Gasteiger partial charge is 0.0223 e. The highest BCUT2D eigenvalue weighted by atomic mass is 14.8. The van der Waals surface area contributed by atoms with Crippen molar-refractivity contribution in [1.82, 2.24) is 10.3 Å². The third-order valence-electron chi connectivity index (χ3n) is 1.85. The van der Waals surface area contributed by atoms with Gasteiger partial charge in [-0.25, -0.2) is 0 Å². The summed E-state index contributed by atoms with van der Waals surface area (Å²) in [6.45, 7) is 6.32. The molecule has 0 aliphatic carbocycles. The Morgan fingerprint density at radius 1 is 1.45 bits per heavy atom. The molecule has 11 heavy (non-hydrogen) atoms. The summed E-state index contributed by atoms with van der Waals surface area (Å²) in [6.07, 6.45) is 3.10. The largest absolute Gasteiger partial charge is 0.365 e. The first-order valence-electron chi connectivity index (χ1n) is 4.24. The van der Waals surface area contributed by atoms with E-state index in [4.69, 9.17) is 0 Å². The molecule has 2 N–H and O–H groups in total. The Bertz CT molecular complexity index is 203. The van der Waals surface area contributed by atoms with Gasteiger partial charge in [0.2, 0.25) is 0 Å². The van der Waals surface area contributed by atoms with E-state index in [1.54, 1.807) is 0 Å². The molecule has 0 spiro atoms. The van der Waals surface area contributed by atoms with Crippen LogP contribution in [-0.2, 0) is 13.0 Å². The summed E-state index contributed by atoms with van der Waals surface area (Å²) in [7, 11) is 0. The molecule has 0 fully saturated rings. The molecule has 0 radical (unpaired) electrons. The number of hydrogen-bond acceptors (Lipinski definition) is 1. The number of rotatable bonds is 4. The molecule has 1 heterocycles. The number of H-pyrrole nitrogens is 1. The van der Waals surface area contributed by atoms with Crippen molar-refractivity contribution in [3.8, 4) is 0 Å². The summed E-state index contributed by atoms with van der Waals surface area (Å²) in [5.41, 5.74) is 2.75. The lowest BCUT2D eigenvalue weighted by Crippen LogP contribution is -2.12. The lowest BCUT2D eigenvalue weighted by molar-refractivity contribution is 0.720. The van der Waals surface area contributed by atoms with Crippen molar-refractivity contribution in [2.75, 3.05) is 6.54 Å². The molecule has 0 saturated carbocycles. The van der Waals surface area contributed by atoms with Crippen LogP contribution in [0.25, 0.3) is 0 Å². The number of aryl methyl sites for hydroxylation is 1. The van der Waals surface area contributed by atoms with Gasteiger partial charge in [0.15, 0.2) is 0 Å². The second-order valence-electron chi connectivity index (χ2n) is 2.62. The standard InChI is InChI=1S/C9H16N2/c1-3-9-8(5-6-11-9)7-10-4-2/h5-6,10-11H,3-4,7H2,1-2H3. The van der Waals surface area contributed by atoms with Gasteiger partial charge in [0, 0.05) is 18.4 Å². The maximum atomic E-state index is 3.31. The average molecular weight is 152 g/mol. The summed E-state index contributed by atoms with van der Waals surface area (Å²) < 4.78 is 0.